The van der Waals surface area contributed by atoms with Gasteiger partial charge in [-0.3, -0.25) is 0 Å². The molecular weight excluding hydrogens is 224 g/mol. The number of hydrogen-bond donors (Lipinski definition) is 1. The zero-order valence-electron chi connectivity index (χ0n) is 12.3. The second-order valence-electron chi connectivity index (χ2n) is 7.06. The zero-order chi connectivity index (χ0) is 13.2. The first kappa shape index (κ1) is 14.3. The molecular formula is C16H30O2. The molecule has 0 bridgehead atoms. The smallest absolute Gasteiger partial charge is 0.0852 e. The van der Waals surface area contributed by atoms with Crippen molar-refractivity contribution in [2.45, 2.75) is 90.4 Å². The normalized spacial score (nSPS) is 40.7. The molecule has 2 heteroatoms. The Morgan fingerprint density at radius 1 is 1.17 bits per heavy atom. The average molecular weight is 254 g/mol. The van der Waals surface area contributed by atoms with E-state index < -0.39 is 0 Å². The van der Waals surface area contributed by atoms with Gasteiger partial charge in [-0.1, -0.05) is 46.5 Å². The van der Waals surface area contributed by atoms with Crippen LogP contribution in [-0.4, -0.2) is 23.4 Å². The molecule has 18 heavy (non-hydrogen) atoms. The maximum atomic E-state index is 10.4. The van der Waals surface area contributed by atoms with Gasteiger partial charge in [-0.15, -0.1) is 0 Å². The molecule has 0 amide bonds. The van der Waals surface area contributed by atoms with Gasteiger partial charge < -0.3 is 9.84 Å². The monoisotopic (exact) mass is 254 g/mol. The number of aliphatic hydroxyl groups excluding tert-OH is 1. The first-order valence-electron chi connectivity index (χ1n) is 7.86. The Morgan fingerprint density at radius 3 is 2.67 bits per heavy atom. The maximum absolute atomic E-state index is 10.4. The maximum Gasteiger partial charge on any atom is 0.0852 e. The first-order chi connectivity index (χ1) is 8.53. The molecule has 0 aromatic rings. The quantitative estimate of drug-likeness (QED) is 0.827. The summed E-state index contributed by atoms with van der Waals surface area (Å²) in [5, 5.41) is 10.4. The Hall–Kier alpha value is -0.0800. The number of ether oxygens (including phenoxy) is 1. The standard InChI is InChI=1S/C16H30O2/c1-4-12-7-5-8-13(11-12)18-14-9-6-10-16(2,3)15(14)17/h12-15,17H,4-11H2,1-3H3. The minimum absolute atomic E-state index is 0.0295. The lowest BCUT2D eigenvalue weighted by molar-refractivity contribution is -0.145. The van der Waals surface area contributed by atoms with E-state index in [4.69, 9.17) is 4.74 Å². The van der Waals surface area contributed by atoms with Crippen molar-refractivity contribution >= 4 is 0 Å². The summed E-state index contributed by atoms with van der Waals surface area (Å²) in [6, 6.07) is 0. The van der Waals surface area contributed by atoms with Crippen LogP contribution in [0.3, 0.4) is 0 Å². The molecule has 4 atom stereocenters. The summed E-state index contributed by atoms with van der Waals surface area (Å²) in [5.41, 5.74) is 0.0295. The minimum atomic E-state index is -0.284. The molecule has 0 saturated heterocycles. The number of rotatable bonds is 3. The van der Waals surface area contributed by atoms with E-state index in [0.29, 0.717) is 6.10 Å². The van der Waals surface area contributed by atoms with Gasteiger partial charge in [0.2, 0.25) is 0 Å². The molecule has 2 nitrogen and oxygen atoms in total. The molecule has 106 valence electrons. The van der Waals surface area contributed by atoms with Crippen LogP contribution < -0.4 is 0 Å². The van der Waals surface area contributed by atoms with Gasteiger partial charge in [0.25, 0.3) is 0 Å². The van der Waals surface area contributed by atoms with E-state index in [2.05, 4.69) is 20.8 Å². The number of aliphatic hydroxyl groups is 1. The van der Waals surface area contributed by atoms with Gasteiger partial charge in [-0.2, -0.15) is 0 Å². The third kappa shape index (κ3) is 3.27. The summed E-state index contributed by atoms with van der Waals surface area (Å²) >= 11 is 0. The minimum Gasteiger partial charge on any atom is -0.390 e. The molecule has 0 aromatic heterocycles. The van der Waals surface area contributed by atoms with Crippen LogP contribution in [0.1, 0.15) is 72.1 Å². The molecule has 2 aliphatic rings. The Bertz CT molecular complexity index is 262. The fourth-order valence-corrected chi connectivity index (χ4v) is 3.69. The highest BCUT2D eigenvalue weighted by Gasteiger charge is 2.39. The van der Waals surface area contributed by atoms with E-state index >= 15 is 0 Å². The summed E-state index contributed by atoms with van der Waals surface area (Å²) in [5.74, 6) is 0.845. The van der Waals surface area contributed by atoms with Gasteiger partial charge >= 0.3 is 0 Å². The van der Waals surface area contributed by atoms with Crippen LogP contribution in [0.2, 0.25) is 0 Å². The Balaban J connectivity index is 1.88. The zero-order valence-corrected chi connectivity index (χ0v) is 12.3. The van der Waals surface area contributed by atoms with Crippen LogP contribution >= 0.6 is 0 Å². The van der Waals surface area contributed by atoms with Gasteiger partial charge in [0.05, 0.1) is 18.3 Å². The fourth-order valence-electron chi connectivity index (χ4n) is 3.69. The van der Waals surface area contributed by atoms with Crippen molar-refractivity contribution in [2.24, 2.45) is 11.3 Å². The molecule has 0 aromatic carbocycles. The Kier molecular flexibility index (Phi) is 4.71. The predicted molar refractivity (Wildman–Crippen MR) is 74.5 cm³/mol. The topological polar surface area (TPSA) is 29.5 Å². The molecule has 0 radical (unpaired) electrons. The molecule has 2 saturated carbocycles. The van der Waals surface area contributed by atoms with Crippen LogP contribution in [0.15, 0.2) is 0 Å². The summed E-state index contributed by atoms with van der Waals surface area (Å²) < 4.78 is 6.26. The molecule has 0 heterocycles. The highest BCUT2D eigenvalue weighted by atomic mass is 16.5. The SMILES string of the molecule is CCC1CCCC(OC2CCCC(C)(C)C2O)C1. The molecule has 1 N–H and O–H groups in total. The van der Waals surface area contributed by atoms with Crippen molar-refractivity contribution in [1.82, 2.24) is 0 Å². The number of hydrogen-bond acceptors (Lipinski definition) is 2. The van der Waals surface area contributed by atoms with Crippen molar-refractivity contribution in [1.29, 1.82) is 0 Å². The molecule has 2 fully saturated rings. The fraction of sp³-hybridized carbons (Fsp3) is 1.00. The van der Waals surface area contributed by atoms with Gasteiger partial charge in [0.15, 0.2) is 0 Å². The van der Waals surface area contributed by atoms with Crippen LogP contribution in [0.25, 0.3) is 0 Å². The summed E-state index contributed by atoms with van der Waals surface area (Å²) in [4.78, 5) is 0. The molecule has 0 aliphatic heterocycles. The van der Waals surface area contributed by atoms with Crippen LogP contribution in [0.4, 0.5) is 0 Å². The second kappa shape index (κ2) is 5.92. The van der Waals surface area contributed by atoms with Gasteiger partial charge in [-0.05, 0) is 37.0 Å². The lowest BCUT2D eigenvalue weighted by Crippen LogP contribution is -2.46. The van der Waals surface area contributed by atoms with Crippen molar-refractivity contribution in [3.8, 4) is 0 Å². The van der Waals surface area contributed by atoms with Crippen LogP contribution in [0.5, 0.6) is 0 Å². The lowest BCUT2D eigenvalue weighted by atomic mass is 9.73. The largest absolute Gasteiger partial charge is 0.390 e. The van der Waals surface area contributed by atoms with E-state index in [1.165, 1.54) is 38.5 Å². The van der Waals surface area contributed by atoms with E-state index in [0.717, 1.165) is 18.8 Å². The predicted octanol–water partition coefficient (Wildman–Crippen LogP) is 3.91. The highest BCUT2D eigenvalue weighted by Crippen LogP contribution is 2.39. The lowest BCUT2D eigenvalue weighted by Gasteiger charge is -2.42. The van der Waals surface area contributed by atoms with Crippen LogP contribution in [-0.2, 0) is 4.74 Å². The molecule has 0 spiro atoms. The van der Waals surface area contributed by atoms with Crippen LogP contribution in [0, 0.1) is 11.3 Å². The van der Waals surface area contributed by atoms with Gasteiger partial charge in [0, 0.05) is 0 Å². The highest BCUT2D eigenvalue weighted by molar-refractivity contribution is 4.90. The van der Waals surface area contributed by atoms with Crippen molar-refractivity contribution < 1.29 is 9.84 Å². The van der Waals surface area contributed by atoms with E-state index in [9.17, 15) is 5.11 Å². The molecule has 2 rings (SSSR count). The summed E-state index contributed by atoms with van der Waals surface area (Å²) in [6.45, 7) is 6.62. The van der Waals surface area contributed by atoms with Gasteiger partial charge in [0.1, 0.15) is 0 Å². The second-order valence-corrected chi connectivity index (χ2v) is 7.06. The van der Waals surface area contributed by atoms with Crippen molar-refractivity contribution in [2.75, 3.05) is 0 Å². The van der Waals surface area contributed by atoms with Crippen molar-refractivity contribution in [3.05, 3.63) is 0 Å². The van der Waals surface area contributed by atoms with E-state index in [-0.39, 0.29) is 17.6 Å². The summed E-state index contributed by atoms with van der Waals surface area (Å²) in [7, 11) is 0. The molecule has 2 aliphatic carbocycles. The molecule has 4 unspecified atom stereocenters. The average Bonchev–Trinajstić information content (AvgIpc) is 2.35. The first-order valence-corrected chi connectivity index (χ1v) is 7.86. The van der Waals surface area contributed by atoms with Gasteiger partial charge in [-0.25, -0.2) is 0 Å². The van der Waals surface area contributed by atoms with E-state index in [1.807, 2.05) is 0 Å². The van der Waals surface area contributed by atoms with E-state index in [1.54, 1.807) is 0 Å². The van der Waals surface area contributed by atoms with Crippen molar-refractivity contribution in [3.63, 3.8) is 0 Å². The third-order valence-corrected chi connectivity index (χ3v) is 5.14. The Morgan fingerprint density at radius 2 is 1.94 bits per heavy atom. The summed E-state index contributed by atoms with van der Waals surface area (Å²) in [6.07, 6.45) is 9.90. The Labute approximate surface area is 112 Å². The third-order valence-electron chi connectivity index (χ3n) is 5.14.